The maximum Gasteiger partial charge on any atom is 0.240 e. The minimum absolute atomic E-state index is 0.0718. The van der Waals surface area contributed by atoms with Crippen molar-refractivity contribution in [1.29, 1.82) is 0 Å². The molecular formula is C18H22N2O3S. The molecule has 128 valence electrons. The van der Waals surface area contributed by atoms with Gasteiger partial charge in [0.1, 0.15) is 0 Å². The molecule has 0 aliphatic heterocycles. The number of hydrogen-bond donors (Lipinski definition) is 1. The van der Waals surface area contributed by atoms with Crippen LogP contribution in [-0.2, 0) is 10.0 Å². The Morgan fingerprint density at radius 2 is 1.62 bits per heavy atom. The molecule has 0 fully saturated rings. The predicted molar refractivity (Wildman–Crippen MR) is 94.5 cm³/mol. The molecule has 6 heteroatoms. The number of sulfonamides is 1. The van der Waals surface area contributed by atoms with Crippen molar-refractivity contribution >= 4 is 15.8 Å². The molecule has 0 aliphatic carbocycles. The molecule has 24 heavy (non-hydrogen) atoms. The highest BCUT2D eigenvalue weighted by Crippen LogP contribution is 2.18. The molecule has 1 atom stereocenters. The molecular weight excluding hydrogens is 324 g/mol. The molecule has 0 saturated heterocycles. The van der Waals surface area contributed by atoms with Gasteiger partial charge in [-0.1, -0.05) is 42.5 Å². The number of hydrogen-bond acceptors (Lipinski definition) is 4. The first kappa shape index (κ1) is 18.3. The molecule has 2 rings (SSSR count). The van der Waals surface area contributed by atoms with Crippen LogP contribution >= 0.6 is 0 Å². The fourth-order valence-electron chi connectivity index (χ4n) is 2.41. The summed E-state index contributed by atoms with van der Waals surface area (Å²) in [5.74, 6) is -0.0938. The summed E-state index contributed by atoms with van der Waals surface area (Å²) in [6, 6.07) is 15.6. The van der Waals surface area contributed by atoms with Crippen molar-refractivity contribution in [2.45, 2.75) is 17.9 Å². The number of rotatable bonds is 7. The zero-order chi connectivity index (χ0) is 17.7. The van der Waals surface area contributed by atoms with Gasteiger partial charge in [0.05, 0.1) is 4.90 Å². The first-order valence-electron chi connectivity index (χ1n) is 7.63. The van der Waals surface area contributed by atoms with Crippen molar-refractivity contribution in [3.63, 3.8) is 0 Å². The highest BCUT2D eigenvalue weighted by Gasteiger charge is 2.19. The number of carbonyl (C=O) groups is 1. The third-order valence-corrected chi connectivity index (χ3v) is 5.29. The fourth-order valence-corrected chi connectivity index (χ4v) is 3.45. The van der Waals surface area contributed by atoms with E-state index in [1.54, 1.807) is 0 Å². The molecule has 0 unspecified atom stereocenters. The molecule has 0 saturated carbocycles. The molecule has 2 aromatic carbocycles. The summed E-state index contributed by atoms with van der Waals surface area (Å²) in [5.41, 5.74) is 1.53. The van der Waals surface area contributed by atoms with E-state index in [1.165, 1.54) is 31.2 Å². The Kier molecular flexibility index (Phi) is 5.88. The van der Waals surface area contributed by atoms with E-state index in [-0.39, 0.29) is 23.3 Å². The van der Waals surface area contributed by atoms with E-state index in [1.807, 2.05) is 49.3 Å². The Morgan fingerprint density at radius 3 is 2.12 bits per heavy atom. The van der Waals surface area contributed by atoms with Crippen LogP contribution in [-0.4, -0.2) is 39.7 Å². The molecule has 0 spiro atoms. The van der Waals surface area contributed by atoms with E-state index in [2.05, 4.69) is 4.72 Å². The van der Waals surface area contributed by atoms with Crippen molar-refractivity contribution in [2.24, 2.45) is 0 Å². The van der Waals surface area contributed by atoms with Gasteiger partial charge < -0.3 is 4.90 Å². The maximum atomic E-state index is 12.5. The normalized spacial score (nSPS) is 13.0. The second-order valence-electron chi connectivity index (χ2n) is 5.82. The molecule has 0 bridgehead atoms. The molecule has 0 amide bonds. The Labute approximate surface area is 143 Å². The number of nitrogens with one attached hydrogen (secondary N) is 1. The van der Waals surface area contributed by atoms with Gasteiger partial charge in [0.15, 0.2) is 5.78 Å². The Bertz CT molecular complexity index is 785. The van der Waals surface area contributed by atoms with Crippen molar-refractivity contribution in [2.75, 3.05) is 20.6 Å². The number of benzene rings is 2. The fraction of sp³-hybridized carbons (Fsp3) is 0.278. The van der Waals surface area contributed by atoms with Crippen LogP contribution in [0.5, 0.6) is 0 Å². The zero-order valence-electron chi connectivity index (χ0n) is 14.1. The van der Waals surface area contributed by atoms with Crippen molar-refractivity contribution in [3.05, 3.63) is 65.7 Å². The maximum absolute atomic E-state index is 12.5. The summed E-state index contributed by atoms with van der Waals surface area (Å²) in [4.78, 5) is 13.4. The highest BCUT2D eigenvalue weighted by molar-refractivity contribution is 7.89. The average molecular weight is 346 g/mol. The van der Waals surface area contributed by atoms with E-state index in [9.17, 15) is 13.2 Å². The van der Waals surface area contributed by atoms with Crippen molar-refractivity contribution < 1.29 is 13.2 Å². The zero-order valence-corrected chi connectivity index (χ0v) is 14.9. The van der Waals surface area contributed by atoms with E-state index < -0.39 is 10.0 Å². The van der Waals surface area contributed by atoms with E-state index >= 15 is 0 Å². The SMILES string of the molecule is CC(=O)c1ccc(S(=O)(=O)NC[C@H](c2ccccc2)N(C)C)cc1. The number of carbonyl (C=O) groups excluding carboxylic acids is 1. The van der Waals surface area contributed by atoms with Crippen LogP contribution in [0.1, 0.15) is 28.9 Å². The van der Waals surface area contributed by atoms with Gasteiger partial charge in [-0.15, -0.1) is 0 Å². The lowest BCUT2D eigenvalue weighted by molar-refractivity contribution is 0.101. The minimum Gasteiger partial charge on any atom is -0.301 e. The average Bonchev–Trinajstić information content (AvgIpc) is 2.55. The van der Waals surface area contributed by atoms with Crippen molar-refractivity contribution in [1.82, 2.24) is 9.62 Å². The molecule has 0 aliphatic rings. The van der Waals surface area contributed by atoms with Crippen LogP contribution in [0.15, 0.2) is 59.5 Å². The molecule has 0 radical (unpaired) electrons. The largest absolute Gasteiger partial charge is 0.301 e. The van der Waals surface area contributed by atoms with Gasteiger partial charge in [0.25, 0.3) is 0 Å². The second-order valence-corrected chi connectivity index (χ2v) is 7.59. The molecule has 5 nitrogen and oxygen atoms in total. The molecule has 1 N–H and O–H groups in total. The lowest BCUT2D eigenvalue weighted by atomic mass is 10.1. The number of ketones is 1. The van der Waals surface area contributed by atoms with Crippen LogP contribution in [0, 0.1) is 0 Å². The monoisotopic (exact) mass is 346 g/mol. The molecule has 2 aromatic rings. The van der Waals surface area contributed by atoms with Gasteiger partial charge in [-0.3, -0.25) is 4.79 Å². The summed E-state index contributed by atoms with van der Waals surface area (Å²) in [5, 5.41) is 0. The van der Waals surface area contributed by atoms with Crippen LogP contribution < -0.4 is 4.72 Å². The van der Waals surface area contributed by atoms with Crippen molar-refractivity contribution in [3.8, 4) is 0 Å². The van der Waals surface area contributed by atoms with Gasteiger partial charge in [-0.2, -0.15) is 0 Å². The molecule has 0 heterocycles. The third kappa shape index (κ3) is 4.50. The highest BCUT2D eigenvalue weighted by atomic mass is 32.2. The van der Waals surface area contributed by atoms with Gasteiger partial charge in [0.2, 0.25) is 10.0 Å². The van der Waals surface area contributed by atoms with Crippen LogP contribution in [0.25, 0.3) is 0 Å². The molecule has 0 aromatic heterocycles. The summed E-state index contributed by atoms with van der Waals surface area (Å²) in [7, 11) is 0.193. The lowest BCUT2D eigenvalue weighted by Crippen LogP contribution is -2.34. The first-order valence-corrected chi connectivity index (χ1v) is 9.11. The Balaban J connectivity index is 2.14. The lowest BCUT2D eigenvalue weighted by Gasteiger charge is -2.25. The minimum atomic E-state index is -3.63. The van der Waals surface area contributed by atoms with E-state index in [0.717, 1.165) is 5.56 Å². The van der Waals surface area contributed by atoms with Gasteiger partial charge in [-0.05, 0) is 38.7 Å². The smallest absolute Gasteiger partial charge is 0.240 e. The first-order chi connectivity index (χ1) is 11.3. The Hall–Kier alpha value is -2.02. The Morgan fingerprint density at radius 1 is 1.04 bits per heavy atom. The van der Waals surface area contributed by atoms with Gasteiger partial charge in [0, 0.05) is 18.2 Å². The van der Waals surface area contributed by atoms with Gasteiger partial charge in [-0.25, -0.2) is 13.1 Å². The third-order valence-electron chi connectivity index (χ3n) is 3.85. The quantitative estimate of drug-likeness (QED) is 0.782. The summed E-state index contributed by atoms with van der Waals surface area (Å²) < 4.78 is 27.6. The topological polar surface area (TPSA) is 66.5 Å². The number of likely N-dealkylation sites (N-methyl/N-ethyl adjacent to an activating group) is 1. The van der Waals surface area contributed by atoms with E-state index in [4.69, 9.17) is 0 Å². The van der Waals surface area contributed by atoms with Crippen LogP contribution in [0.2, 0.25) is 0 Å². The standard InChI is InChI=1S/C18H22N2O3S/c1-14(21)15-9-11-17(12-10-15)24(22,23)19-13-18(20(2)3)16-7-5-4-6-8-16/h4-12,18-19H,13H2,1-3H3/t18-/m1/s1. The van der Waals surface area contributed by atoms with Gasteiger partial charge >= 0.3 is 0 Å². The predicted octanol–water partition coefficient (Wildman–Crippen LogP) is 2.47. The van der Waals surface area contributed by atoms with Crippen LogP contribution in [0.4, 0.5) is 0 Å². The summed E-state index contributed by atoms with van der Waals surface area (Å²) in [6.45, 7) is 1.71. The summed E-state index contributed by atoms with van der Waals surface area (Å²) >= 11 is 0. The van der Waals surface area contributed by atoms with Crippen LogP contribution in [0.3, 0.4) is 0 Å². The second kappa shape index (κ2) is 7.70. The van der Waals surface area contributed by atoms with E-state index in [0.29, 0.717) is 5.56 Å². The number of nitrogens with zero attached hydrogens (tertiary/aromatic N) is 1. The summed E-state index contributed by atoms with van der Waals surface area (Å²) in [6.07, 6.45) is 0. The number of Topliss-reactive ketones (excluding diaryl/α,β-unsaturated/α-hetero) is 1.